The largest absolute Gasteiger partial charge is 0.479 e. The number of esters is 1. The highest BCUT2D eigenvalue weighted by atomic mass is 32.2. The van der Waals surface area contributed by atoms with Crippen LogP contribution >= 0.6 is 24.0 Å². The number of thiocarbonyl (C=S) groups is 1. The van der Waals surface area contributed by atoms with Crippen molar-refractivity contribution in [2.24, 2.45) is 0 Å². The molecule has 0 radical (unpaired) electrons. The Hall–Kier alpha value is -2.91. The van der Waals surface area contributed by atoms with Gasteiger partial charge in [0.15, 0.2) is 5.37 Å². The average molecular weight is 461 g/mol. The molecule has 0 spiro atoms. The summed E-state index contributed by atoms with van der Waals surface area (Å²) >= 11 is 6.01. The summed E-state index contributed by atoms with van der Waals surface area (Å²) in [5, 5.41) is 4.20. The predicted octanol–water partition coefficient (Wildman–Crippen LogP) is 2.70. The van der Waals surface area contributed by atoms with E-state index < -0.39 is 29.2 Å². The highest BCUT2D eigenvalue weighted by Crippen LogP contribution is 2.15. The first-order valence-corrected chi connectivity index (χ1v) is 10.8. The van der Waals surface area contributed by atoms with Gasteiger partial charge in [-0.1, -0.05) is 48.5 Å². The number of ether oxygens (including phenoxy) is 2. The molecule has 2 amide bonds. The Morgan fingerprint density at radius 1 is 1.00 bits per heavy atom. The molecule has 1 unspecified atom stereocenters. The van der Waals surface area contributed by atoms with Crippen molar-refractivity contribution in [3.05, 3.63) is 71.8 Å². The first-order valence-electron chi connectivity index (χ1n) is 9.56. The Balaban J connectivity index is 2.17. The van der Waals surface area contributed by atoms with Crippen molar-refractivity contribution in [3.63, 3.8) is 0 Å². The van der Waals surface area contributed by atoms with Gasteiger partial charge in [-0.3, -0.25) is 9.59 Å². The van der Waals surface area contributed by atoms with Crippen molar-refractivity contribution < 1.29 is 23.9 Å². The van der Waals surface area contributed by atoms with E-state index in [1.807, 2.05) is 30.3 Å². The van der Waals surface area contributed by atoms with Crippen molar-refractivity contribution in [2.45, 2.75) is 24.8 Å². The number of hydrogen-bond donors (Lipinski definition) is 2. The van der Waals surface area contributed by atoms with E-state index in [0.29, 0.717) is 12.2 Å². The van der Waals surface area contributed by atoms with E-state index in [1.165, 1.54) is 7.11 Å². The smallest absolute Gasteiger partial charge is 0.328 e. The van der Waals surface area contributed by atoms with Gasteiger partial charge < -0.3 is 20.1 Å². The molecule has 0 saturated carbocycles. The molecule has 7 nitrogen and oxygen atoms in total. The maximum Gasteiger partial charge on any atom is 0.328 e. The number of methoxy groups -OCH3 is 1. The lowest BCUT2D eigenvalue weighted by Crippen LogP contribution is -2.51. The van der Waals surface area contributed by atoms with Gasteiger partial charge in [-0.2, -0.15) is 0 Å². The van der Waals surface area contributed by atoms with Crippen LogP contribution in [0, 0.1) is 0 Å². The normalized spacial score (nSPS) is 12.2. The minimum absolute atomic E-state index is 0.105. The molecule has 2 aromatic carbocycles. The number of hydrogen-bond acceptors (Lipinski definition) is 7. The van der Waals surface area contributed by atoms with Crippen LogP contribution in [0.2, 0.25) is 0 Å². The molecule has 0 bridgehead atoms. The summed E-state index contributed by atoms with van der Waals surface area (Å²) in [4.78, 5) is 37.8. The lowest BCUT2D eigenvalue weighted by molar-refractivity contribution is -0.145. The molecule has 0 fully saturated rings. The highest BCUT2D eigenvalue weighted by Gasteiger charge is 2.29. The first-order chi connectivity index (χ1) is 14.9. The van der Waals surface area contributed by atoms with E-state index in [-0.39, 0.29) is 10.8 Å². The van der Waals surface area contributed by atoms with Gasteiger partial charge in [0.1, 0.15) is 6.04 Å². The zero-order chi connectivity index (χ0) is 22.6. The molecule has 9 heteroatoms. The van der Waals surface area contributed by atoms with Crippen LogP contribution in [0.1, 0.15) is 22.8 Å². The van der Waals surface area contributed by atoms with Gasteiger partial charge in [0, 0.05) is 12.0 Å². The summed E-state index contributed by atoms with van der Waals surface area (Å²) in [5.41, 5.74) is 1.23. The first kappa shape index (κ1) is 24.4. The summed E-state index contributed by atoms with van der Waals surface area (Å²) in [6.45, 7) is 2.09. The number of carbonyl (C=O) groups excluding carboxylic acids is 3. The van der Waals surface area contributed by atoms with E-state index >= 15 is 0 Å². The molecule has 2 rings (SSSR count). The van der Waals surface area contributed by atoms with E-state index in [4.69, 9.17) is 21.7 Å². The Morgan fingerprint density at radius 3 is 2.19 bits per heavy atom. The molecule has 0 aliphatic carbocycles. The van der Waals surface area contributed by atoms with Crippen LogP contribution in [-0.4, -0.2) is 47.3 Å². The molecule has 31 heavy (non-hydrogen) atoms. The Morgan fingerprint density at radius 2 is 1.61 bits per heavy atom. The van der Waals surface area contributed by atoms with Crippen LogP contribution in [-0.2, 0) is 25.5 Å². The second-order valence-electron chi connectivity index (χ2n) is 6.29. The maximum atomic E-state index is 13.0. The van der Waals surface area contributed by atoms with Crippen molar-refractivity contribution in [1.29, 1.82) is 0 Å². The number of benzene rings is 2. The standard InChI is InChI=1S/C22H24N2O5S2/c1-3-29-22(30)31-20(24-18(25)16-12-8-5-9-13-16)19(26)23-17(21(27)28-2)14-15-10-6-4-7-11-15/h4-13,17,20H,3,14H2,1-2H3,(H,23,26)(H,24,25)/t17-,20?/m0/s1. The third kappa shape index (κ3) is 8.03. The van der Waals surface area contributed by atoms with Gasteiger partial charge in [0.05, 0.1) is 13.7 Å². The lowest BCUT2D eigenvalue weighted by Gasteiger charge is -2.22. The molecular weight excluding hydrogens is 436 g/mol. The van der Waals surface area contributed by atoms with Crippen LogP contribution in [0.15, 0.2) is 60.7 Å². The van der Waals surface area contributed by atoms with Gasteiger partial charge in [-0.05, 0) is 48.6 Å². The fraction of sp³-hybridized carbons (Fsp3) is 0.273. The quantitative estimate of drug-likeness (QED) is 0.338. The Bertz CT molecular complexity index is 893. The zero-order valence-corrected chi connectivity index (χ0v) is 18.8. The monoisotopic (exact) mass is 460 g/mol. The SMILES string of the molecule is CCOC(=S)SC(NC(=O)c1ccccc1)C(=O)N[C@@H](Cc1ccccc1)C(=O)OC. The van der Waals surface area contributed by atoms with Crippen molar-refractivity contribution in [2.75, 3.05) is 13.7 Å². The molecule has 2 atom stereocenters. The molecule has 2 N–H and O–H groups in total. The third-order valence-corrected chi connectivity index (χ3v) is 5.38. The molecule has 0 aromatic heterocycles. The summed E-state index contributed by atoms with van der Waals surface area (Å²) in [6.07, 6.45) is 0.235. The zero-order valence-electron chi connectivity index (χ0n) is 17.2. The topological polar surface area (TPSA) is 93.7 Å². The third-order valence-electron chi connectivity index (χ3n) is 4.10. The van der Waals surface area contributed by atoms with Gasteiger partial charge in [-0.15, -0.1) is 0 Å². The van der Waals surface area contributed by atoms with E-state index in [0.717, 1.165) is 17.3 Å². The summed E-state index contributed by atoms with van der Waals surface area (Å²) in [7, 11) is 1.25. The second kappa shape index (κ2) is 12.7. The van der Waals surface area contributed by atoms with Crippen LogP contribution in [0.4, 0.5) is 0 Å². The minimum atomic E-state index is -1.10. The van der Waals surface area contributed by atoms with Gasteiger partial charge in [0.2, 0.25) is 4.38 Å². The number of nitrogens with one attached hydrogen (secondary N) is 2. The fourth-order valence-electron chi connectivity index (χ4n) is 2.62. The minimum Gasteiger partial charge on any atom is -0.479 e. The average Bonchev–Trinajstić information content (AvgIpc) is 2.79. The maximum absolute atomic E-state index is 13.0. The molecule has 2 aromatic rings. The van der Waals surface area contributed by atoms with E-state index in [9.17, 15) is 14.4 Å². The van der Waals surface area contributed by atoms with Gasteiger partial charge in [0.25, 0.3) is 11.8 Å². The van der Waals surface area contributed by atoms with Crippen LogP contribution in [0.3, 0.4) is 0 Å². The van der Waals surface area contributed by atoms with Crippen molar-refractivity contribution in [3.8, 4) is 0 Å². The number of rotatable bonds is 9. The number of carbonyl (C=O) groups is 3. The van der Waals surface area contributed by atoms with Crippen LogP contribution in [0.25, 0.3) is 0 Å². The molecule has 0 saturated heterocycles. The summed E-state index contributed by atoms with van der Waals surface area (Å²) in [5.74, 6) is -1.64. The van der Waals surface area contributed by atoms with Gasteiger partial charge in [-0.25, -0.2) is 4.79 Å². The Kier molecular flexibility index (Phi) is 9.99. The van der Waals surface area contributed by atoms with E-state index in [2.05, 4.69) is 10.6 Å². The highest BCUT2D eigenvalue weighted by molar-refractivity contribution is 8.23. The van der Waals surface area contributed by atoms with Crippen molar-refractivity contribution in [1.82, 2.24) is 10.6 Å². The molecule has 0 aliphatic rings. The van der Waals surface area contributed by atoms with Crippen LogP contribution in [0.5, 0.6) is 0 Å². The number of thioether (sulfide) groups is 1. The molecule has 0 aliphatic heterocycles. The molecule has 164 valence electrons. The number of amides is 2. The summed E-state index contributed by atoms with van der Waals surface area (Å²) < 4.78 is 10.2. The second-order valence-corrected chi connectivity index (χ2v) is 8.00. The summed E-state index contributed by atoms with van der Waals surface area (Å²) in [6, 6.07) is 16.8. The van der Waals surface area contributed by atoms with Crippen molar-refractivity contribution >= 4 is 46.1 Å². The predicted molar refractivity (Wildman–Crippen MR) is 124 cm³/mol. The fourth-order valence-corrected chi connectivity index (χ4v) is 3.75. The van der Waals surface area contributed by atoms with E-state index in [1.54, 1.807) is 37.3 Å². The van der Waals surface area contributed by atoms with Crippen LogP contribution < -0.4 is 10.6 Å². The lowest BCUT2D eigenvalue weighted by atomic mass is 10.1. The Labute approximate surface area is 190 Å². The molecule has 0 heterocycles. The van der Waals surface area contributed by atoms with Gasteiger partial charge >= 0.3 is 5.97 Å². The molecular formula is C22H24N2O5S2.